The molecule has 0 saturated carbocycles. The molecule has 1 N–H and O–H groups in total. The van der Waals surface area contributed by atoms with Crippen LogP contribution < -0.4 is 0 Å². The molecule has 0 atom stereocenters. The molecule has 0 spiro atoms. The SMILES string of the molecule is CS(=O)(=O)c1ccc(-c2cc(F)ccc2C(=O)O)cc1. The second-order valence-corrected chi connectivity index (χ2v) is 6.31. The number of halogens is 1. The van der Waals surface area contributed by atoms with Gasteiger partial charge in [0, 0.05) is 6.26 Å². The lowest BCUT2D eigenvalue weighted by Gasteiger charge is -2.07. The Morgan fingerprint density at radius 1 is 1.10 bits per heavy atom. The number of rotatable bonds is 3. The van der Waals surface area contributed by atoms with Crippen molar-refractivity contribution in [1.82, 2.24) is 0 Å². The highest BCUT2D eigenvalue weighted by atomic mass is 32.2. The zero-order chi connectivity index (χ0) is 14.9. The zero-order valence-corrected chi connectivity index (χ0v) is 11.3. The number of benzene rings is 2. The molecule has 0 radical (unpaired) electrons. The highest BCUT2D eigenvalue weighted by molar-refractivity contribution is 7.90. The Hall–Kier alpha value is -2.21. The Morgan fingerprint density at radius 3 is 2.20 bits per heavy atom. The van der Waals surface area contributed by atoms with Crippen LogP contribution in [0.4, 0.5) is 4.39 Å². The maximum absolute atomic E-state index is 13.3. The van der Waals surface area contributed by atoms with E-state index in [1.807, 2.05) is 0 Å². The fraction of sp³-hybridized carbons (Fsp3) is 0.0714. The average Bonchev–Trinajstić information content (AvgIpc) is 2.37. The average molecular weight is 294 g/mol. The van der Waals surface area contributed by atoms with E-state index in [4.69, 9.17) is 5.11 Å². The largest absolute Gasteiger partial charge is 0.478 e. The number of aromatic carboxylic acids is 1. The van der Waals surface area contributed by atoms with Gasteiger partial charge in [-0.15, -0.1) is 0 Å². The zero-order valence-electron chi connectivity index (χ0n) is 10.5. The van der Waals surface area contributed by atoms with E-state index in [-0.39, 0.29) is 16.0 Å². The molecule has 0 bridgehead atoms. The molecule has 2 aromatic carbocycles. The molecule has 2 aromatic rings. The van der Waals surface area contributed by atoms with Crippen molar-refractivity contribution in [1.29, 1.82) is 0 Å². The van der Waals surface area contributed by atoms with E-state index >= 15 is 0 Å². The molecule has 0 unspecified atom stereocenters. The minimum absolute atomic E-state index is 0.0431. The van der Waals surface area contributed by atoms with Crippen LogP contribution in [-0.4, -0.2) is 25.7 Å². The summed E-state index contributed by atoms with van der Waals surface area (Å²) in [5.74, 6) is -1.73. The van der Waals surface area contributed by atoms with E-state index in [1.54, 1.807) is 0 Å². The summed E-state index contributed by atoms with van der Waals surface area (Å²) in [4.78, 5) is 11.2. The fourth-order valence-corrected chi connectivity index (χ4v) is 2.45. The molecule has 4 nitrogen and oxygen atoms in total. The van der Waals surface area contributed by atoms with Crippen molar-refractivity contribution in [2.75, 3.05) is 6.26 Å². The van der Waals surface area contributed by atoms with E-state index in [2.05, 4.69) is 0 Å². The molecule has 0 fully saturated rings. The summed E-state index contributed by atoms with van der Waals surface area (Å²) in [5.41, 5.74) is 0.602. The van der Waals surface area contributed by atoms with E-state index in [0.29, 0.717) is 5.56 Å². The number of hydrogen-bond donors (Lipinski definition) is 1. The van der Waals surface area contributed by atoms with Gasteiger partial charge in [-0.3, -0.25) is 0 Å². The predicted molar refractivity (Wildman–Crippen MR) is 71.9 cm³/mol. The van der Waals surface area contributed by atoms with Crippen LogP contribution in [-0.2, 0) is 9.84 Å². The first-order valence-electron chi connectivity index (χ1n) is 5.62. The first kappa shape index (κ1) is 14.2. The molecule has 0 aliphatic heterocycles. The van der Waals surface area contributed by atoms with Gasteiger partial charge in [0.1, 0.15) is 5.82 Å². The highest BCUT2D eigenvalue weighted by Gasteiger charge is 2.14. The maximum Gasteiger partial charge on any atom is 0.336 e. The number of carbonyl (C=O) groups is 1. The third-order valence-electron chi connectivity index (χ3n) is 2.81. The van der Waals surface area contributed by atoms with Crippen LogP contribution >= 0.6 is 0 Å². The summed E-state index contributed by atoms with van der Waals surface area (Å²) in [6, 6.07) is 8.99. The van der Waals surface area contributed by atoms with Crippen molar-refractivity contribution >= 4 is 15.8 Å². The molecule has 2 rings (SSSR count). The molecule has 0 saturated heterocycles. The molecular formula is C14H11FO4S. The smallest absolute Gasteiger partial charge is 0.336 e. The Kier molecular flexibility index (Phi) is 3.59. The number of sulfone groups is 1. The number of carboxylic acids is 1. The van der Waals surface area contributed by atoms with Crippen molar-refractivity contribution in [3.8, 4) is 11.1 Å². The van der Waals surface area contributed by atoms with Gasteiger partial charge >= 0.3 is 5.97 Å². The molecule has 0 heterocycles. The Labute approximate surface area is 115 Å². The van der Waals surface area contributed by atoms with Crippen LogP contribution in [0.5, 0.6) is 0 Å². The summed E-state index contributed by atoms with van der Waals surface area (Å²) < 4.78 is 36.0. The monoisotopic (exact) mass is 294 g/mol. The van der Waals surface area contributed by atoms with Gasteiger partial charge in [-0.1, -0.05) is 12.1 Å². The van der Waals surface area contributed by atoms with E-state index in [9.17, 15) is 17.6 Å². The lowest BCUT2D eigenvalue weighted by atomic mass is 10.00. The molecule has 0 aliphatic rings. The summed E-state index contributed by atoms with van der Waals surface area (Å²) in [7, 11) is -3.33. The van der Waals surface area contributed by atoms with Crippen LogP contribution in [0.2, 0.25) is 0 Å². The minimum Gasteiger partial charge on any atom is -0.478 e. The summed E-state index contributed by atoms with van der Waals surface area (Å²) in [5, 5.41) is 9.08. The lowest BCUT2D eigenvalue weighted by molar-refractivity contribution is 0.0697. The van der Waals surface area contributed by atoms with Crippen LogP contribution in [0.25, 0.3) is 11.1 Å². The number of hydrogen-bond acceptors (Lipinski definition) is 3. The van der Waals surface area contributed by atoms with Gasteiger partial charge in [0.15, 0.2) is 9.84 Å². The second-order valence-electron chi connectivity index (χ2n) is 4.29. The van der Waals surface area contributed by atoms with Crippen molar-refractivity contribution in [2.45, 2.75) is 4.90 Å². The van der Waals surface area contributed by atoms with Crippen molar-refractivity contribution in [3.63, 3.8) is 0 Å². The van der Waals surface area contributed by atoms with E-state index in [1.165, 1.54) is 30.3 Å². The molecule has 6 heteroatoms. The van der Waals surface area contributed by atoms with E-state index < -0.39 is 21.6 Å². The van der Waals surface area contributed by atoms with Gasteiger partial charge in [0.2, 0.25) is 0 Å². The molecular weight excluding hydrogens is 283 g/mol. The molecule has 20 heavy (non-hydrogen) atoms. The van der Waals surface area contributed by atoms with Gasteiger partial charge in [0.05, 0.1) is 10.5 Å². The van der Waals surface area contributed by atoms with Gasteiger partial charge in [0.25, 0.3) is 0 Å². The van der Waals surface area contributed by atoms with Gasteiger partial charge < -0.3 is 5.11 Å². The first-order valence-corrected chi connectivity index (χ1v) is 7.51. The second kappa shape index (κ2) is 5.05. The van der Waals surface area contributed by atoms with Gasteiger partial charge in [-0.25, -0.2) is 17.6 Å². The number of carboxylic acid groups (broad SMARTS) is 1. The van der Waals surface area contributed by atoms with Gasteiger partial charge in [-0.2, -0.15) is 0 Å². The maximum atomic E-state index is 13.3. The highest BCUT2D eigenvalue weighted by Crippen LogP contribution is 2.26. The third kappa shape index (κ3) is 2.85. The third-order valence-corrected chi connectivity index (χ3v) is 3.93. The Bertz CT molecular complexity index is 764. The Balaban J connectivity index is 2.57. The minimum atomic E-state index is -3.33. The molecule has 0 aromatic heterocycles. The quantitative estimate of drug-likeness (QED) is 0.944. The van der Waals surface area contributed by atoms with Crippen LogP contribution in [0.3, 0.4) is 0 Å². The molecule has 0 aliphatic carbocycles. The van der Waals surface area contributed by atoms with Crippen LogP contribution in [0.15, 0.2) is 47.4 Å². The summed E-state index contributed by atoms with van der Waals surface area (Å²) >= 11 is 0. The normalized spacial score (nSPS) is 11.3. The van der Waals surface area contributed by atoms with Crippen molar-refractivity contribution < 1.29 is 22.7 Å². The molecule has 0 amide bonds. The lowest BCUT2D eigenvalue weighted by Crippen LogP contribution is -2.01. The fourth-order valence-electron chi connectivity index (χ4n) is 1.82. The standard InChI is InChI=1S/C14H11FO4S/c1-20(18,19)11-5-2-9(3-6-11)13-8-10(15)4-7-12(13)14(16)17/h2-8H,1H3,(H,16,17). The van der Waals surface area contributed by atoms with Crippen LogP contribution in [0.1, 0.15) is 10.4 Å². The summed E-state index contributed by atoms with van der Waals surface area (Å²) in [6.07, 6.45) is 1.08. The predicted octanol–water partition coefficient (Wildman–Crippen LogP) is 2.59. The topological polar surface area (TPSA) is 71.4 Å². The summed E-state index contributed by atoms with van der Waals surface area (Å²) in [6.45, 7) is 0. The molecule has 104 valence electrons. The van der Waals surface area contributed by atoms with Crippen molar-refractivity contribution in [2.24, 2.45) is 0 Å². The van der Waals surface area contributed by atoms with Crippen LogP contribution in [0, 0.1) is 5.82 Å². The Morgan fingerprint density at radius 2 is 1.70 bits per heavy atom. The first-order chi connectivity index (χ1) is 9.29. The van der Waals surface area contributed by atoms with E-state index in [0.717, 1.165) is 18.4 Å². The van der Waals surface area contributed by atoms with Crippen molar-refractivity contribution in [3.05, 3.63) is 53.8 Å². The van der Waals surface area contributed by atoms with Gasteiger partial charge in [-0.05, 0) is 41.5 Å².